The number of hydrogen-bond donors (Lipinski definition) is 1. The number of benzene rings is 1. The monoisotopic (exact) mass is 252 g/mol. The topological polar surface area (TPSA) is 66.0 Å². The number of nitrogen functional groups attached to an aromatic ring is 1. The van der Waals surface area contributed by atoms with Gasteiger partial charge in [-0.15, -0.1) is 10.2 Å². The first kappa shape index (κ1) is 11.9. The largest absolute Gasteiger partial charge is 0.398 e. The van der Waals surface area contributed by atoms with Crippen LogP contribution in [0.3, 0.4) is 0 Å². The van der Waals surface area contributed by atoms with Gasteiger partial charge in [0.15, 0.2) is 5.82 Å². The van der Waals surface area contributed by atoms with Crippen molar-refractivity contribution in [3.05, 3.63) is 29.5 Å². The van der Waals surface area contributed by atoms with Gasteiger partial charge in [0.25, 0.3) is 0 Å². The molecule has 17 heavy (non-hydrogen) atoms. The van der Waals surface area contributed by atoms with Gasteiger partial charge in [-0.25, -0.2) is 0 Å². The standard InChI is InChI=1S/C11H13ClN4O/c1-17-5-4-16-7-14-15-11(16)9-6-8(12)2-3-10(9)13/h2-3,6-7H,4-5,13H2,1H3. The second kappa shape index (κ2) is 5.16. The van der Waals surface area contributed by atoms with Crippen LogP contribution in [-0.2, 0) is 11.3 Å². The lowest BCUT2D eigenvalue weighted by molar-refractivity contribution is 0.187. The molecule has 0 unspecified atom stereocenters. The summed E-state index contributed by atoms with van der Waals surface area (Å²) in [5.74, 6) is 0.696. The third-order valence-electron chi connectivity index (χ3n) is 2.41. The molecule has 1 aromatic carbocycles. The zero-order chi connectivity index (χ0) is 12.3. The second-order valence-electron chi connectivity index (χ2n) is 3.57. The highest BCUT2D eigenvalue weighted by atomic mass is 35.5. The highest BCUT2D eigenvalue weighted by Gasteiger charge is 2.10. The third kappa shape index (κ3) is 2.57. The van der Waals surface area contributed by atoms with Crippen LogP contribution in [0, 0.1) is 0 Å². The molecule has 0 radical (unpaired) electrons. The van der Waals surface area contributed by atoms with Gasteiger partial charge in [0.05, 0.1) is 6.61 Å². The van der Waals surface area contributed by atoms with E-state index in [9.17, 15) is 0 Å². The highest BCUT2D eigenvalue weighted by Crippen LogP contribution is 2.27. The van der Waals surface area contributed by atoms with Crippen LogP contribution in [0.5, 0.6) is 0 Å². The maximum atomic E-state index is 5.95. The van der Waals surface area contributed by atoms with Gasteiger partial charge in [-0.2, -0.15) is 0 Å². The molecule has 0 saturated carbocycles. The van der Waals surface area contributed by atoms with E-state index in [0.717, 1.165) is 5.56 Å². The lowest BCUT2D eigenvalue weighted by Crippen LogP contribution is -2.05. The van der Waals surface area contributed by atoms with Crippen molar-refractivity contribution < 1.29 is 4.74 Å². The number of anilines is 1. The Kier molecular flexibility index (Phi) is 3.61. The number of aromatic nitrogens is 3. The van der Waals surface area contributed by atoms with Gasteiger partial charge in [0.1, 0.15) is 6.33 Å². The van der Waals surface area contributed by atoms with Crippen molar-refractivity contribution in [2.75, 3.05) is 19.5 Å². The Hall–Kier alpha value is -1.59. The normalized spacial score (nSPS) is 10.7. The number of hydrogen-bond acceptors (Lipinski definition) is 4. The van der Waals surface area contributed by atoms with E-state index in [1.54, 1.807) is 31.6 Å². The molecule has 0 aliphatic carbocycles. The summed E-state index contributed by atoms with van der Waals surface area (Å²) in [6.45, 7) is 1.26. The summed E-state index contributed by atoms with van der Waals surface area (Å²) in [5, 5.41) is 8.56. The number of halogens is 1. The van der Waals surface area contributed by atoms with Crippen LogP contribution in [-0.4, -0.2) is 28.5 Å². The molecule has 0 atom stereocenters. The van der Waals surface area contributed by atoms with Crippen LogP contribution < -0.4 is 5.73 Å². The van der Waals surface area contributed by atoms with Crippen molar-refractivity contribution in [2.45, 2.75) is 6.54 Å². The predicted molar refractivity (Wildman–Crippen MR) is 66.8 cm³/mol. The quantitative estimate of drug-likeness (QED) is 0.843. The van der Waals surface area contributed by atoms with Gasteiger partial charge in [-0.1, -0.05) is 11.6 Å². The Bertz CT molecular complexity index is 512. The van der Waals surface area contributed by atoms with E-state index in [4.69, 9.17) is 22.1 Å². The van der Waals surface area contributed by atoms with Crippen LogP contribution in [0.4, 0.5) is 5.69 Å². The van der Waals surface area contributed by atoms with E-state index in [2.05, 4.69) is 10.2 Å². The molecule has 2 N–H and O–H groups in total. The molecule has 0 bridgehead atoms. The maximum absolute atomic E-state index is 5.95. The van der Waals surface area contributed by atoms with E-state index in [-0.39, 0.29) is 0 Å². The van der Waals surface area contributed by atoms with E-state index in [1.165, 1.54) is 0 Å². The first-order valence-electron chi connectivity index (χ1n) is 5.14. The molecular weight excluding hydrogens is 240 g/mol. The Balaban J connectivity index is 2.38. The van der Waals surface area contributed by atoms with Crippen LogP contribution in [0.25, 0.3) is 11.4 Å². The Labute approximate surface area is 104 Å². The number of methoxy groups -OCH3 is 1. The average Bonchev–Trinajstić information content (AvgIpc) is 2.77. The van der Waals surface area contributed by atoms with Gasteiger partial charge in [0, 0.05) is 29.9 Å². The van der Waals surface area contributed by atoms with E-state index < -0.39 is 0 Å². The Morgan fingerprint density at radius 1 is 1.47 bits per heavy atom. The lowest BCUT2D eigenvalue weighted by atomic mass is 10.1. The fraction of sp³-hybridized carbons (Fsp3) is 0.273. The minimum absolute atomic E-state index is 0.589. The van der Waals surface area contributed by atoms with E-state index in [0.29, 0.717) is 29.7 Å². The molecule has 0 fully saturated rings. The number of nitrogens with zero attached hydrogens (tertiary/aromatic N) is 3. The number of rotatable bonds is 4. The SMILES string of the molecule is COCCn1cnnc1-c1cc(Cl)ccc1N. The molecule has 5 nitrogen and oxygen atoms in total. The minimum Gasteiger partial charge on any atom is -0.398 e. The van der Waals surface area contributed by atoms with Crippen molar-refractivity contribution in [1.82, 2.24) is 14.8 Å². The fourth-order valence-electron chi connectivity index (χ4n) is 1.54. The van der Waals surface area contributed by atoms with Crippen LogP contribution in [0.1, 0.15) is 0 Å². The van der Waals surface area contributed by atoms with Crippen LogP contribution in [0.2, 0.25) is 5.02 Å². The first-order valence-corrected chi connectivity index (χ1v) is 5.52. The summed E-state index contributed by atoms with van der Waals surface area (Å²) in [5.41, 5.74) is 7.32. The smallest absolute Gasteiger partial charge is 0.165 e. The van der Waals surface area contributed by atoms with Crippen LogP contribution in [0.15, 0.2) is 24.5 Å². The van der Waals surface area contributed by atoms with Gasteiger partial charge in [-0.3, -0.25) is 0 Å². The predicted octanol–water partition coefficient (Wildman–Crippen LogP) is 1.83. The fourth-order valence-corrected chi connectivity index (χ4v) is 1.71. The molecule has 0 aliphatic heterocycles. The Morgan fingerprint density at radius 2 is 2.29 bits per heavy atom. The summed E-state index contributed by atoms with van der Waals surface area (Å²) in [7, 11) is 1.65. The third-order valence-corrected chi connectivity index (χ3v) is 2.64. The van der Waals surface area contributed by atoms with E-state index in [1.807, 2.05) is 4.57 Å². The molecule has 0 amide bonds. The molecule has 0 spiro atoms. The summed E-state index contributed by atoms with van der Waals surface area (Å²) >= 11 is 5.95. The second-order valence-corrected chi connectivity index (χ2v) is 4.01. The van der Waals surface area contributed by atoms with Crippen molar-refractivity contribution >= 4 is 17.3 Å². The van der Waals surface area contributed by atoms with Crippen molar-refractivity contribution in [3.63, 3.8) is 0 Å². The molecular formula is C11H13ClN4O. The molecule has 90 valence electrons. The highest BCUT2D eigenvalue weighted by molar-refractivity contribution is 6.31. The van der Waals surface area contributed by atoms with Crippen molar-refractivity contribution in [3.8, 4) is 11.4 Å². The molecule has 0 aliphatic rings. The molecule has 1 aromatic heterocycles. The first-order chi connectivity index (χ1) is 8.22. The summed E-state index contributed by atoms with van der Waals surface area (Å²) < 4.78 is 6.91. The summed E-state index contributed by atoms with van der Waals surface area (Å²) in [6.07, 6.45) is 1.65. The molecule has 2 aromatic rings. The number of ether oxygens (including phenoxy) is 1. The van der Waals surface area contributed by atoms with E-state index >= 15 is 0 Å². The van der Waals surface area contributed by atoms with Crippen LogP contribution >= 0.6 is 11.6 Å². The van der Waals surface area contributed by atoms with Gasteiger partial charge >= 0.3 is 0 Å². The molecule has 0 saturated heterocycles. The average molecular weight is 253 g/mol. The summed E-state index contributed by atoms with van der Waals surface area (Å²) in [6, 6.07) is 5.29. The van der Waals surface area contributed by atoms with Gasteiger partial charge < -0.3 is 15.0 Å². The number of nitrogens with two attached hydrogens (primary N) is 1. The summed E-state index contributed by atoms with van der Waals surface area (Å²) in [4.78, 5) is 0. The maximum Gasteiger partial charge on any atom is 0.165 e. The van der Waals surface area contributed by atoms with Gasteiger partial charge in [-0.05, 0) is 18.2 Å². The van der Waals surface area contributed by atoms with Gasteiger partial charge in [0.2, 0.25) is 0 Å². The van der Waals surface area contributed by atoms with Crippen molar-refractivity contribution in [2.24, 2.45) is 0 Å². The Morgan fingerprint density at radius 3 is 3.06 bits per heavy atom. The zero-order valence-electron chi connectivity index (χ0n) is 9.43. The minimum atomic E-state index is 0.589. The molecule has 1 heterocycles. The molecule has 6 heteroatoms. The molecule has 2 rings (SSSR count). The lowest BCUT2D eigenvalue weighted by Gasteiger charge is -2.08. The van der Waals surface area contributed by atoms with Crippen molar-refractivity contribution in [1.29, 1.82) is 0 Å². The zero-order valence-corrected chi connectivity index (χ0v) is 10.2.